The fourth-order valence-electron chi connectivity index (χ4n) is 2.68. The first-order valence-electron chi connectivity index (χ1n) is 8.25. The molecule has 0 saturated heterocycles. The van der Waals surface area contributed by atoms with Gasteiger partial charge >= 0.3 is 0 Å². The van der Waals surface area contributed by atoms with Crippen LogP contribution in [0.3, 0.4) is 0 Å². The van der Waals surface area contributed by atoms with E-state index in [1.807, 2.05) is 24.3 Å². The Balaban J connectivity index is 1.87. The highest BCUT2D eigenvalue weighted by molar-refractivity contribution is 5.64. The van der Waals surface area contributed by atoms with Crippen molar-refractivity contribution in [3.05, 3.63) is 59.7 Å². The first-order chi connectivity index (χ1) is 10.7. The lowest BCUT2D eigenvalue weighted by Crippen LogP contribution is -1.89. The number of unbranched alkanes of at least 4 members (excludes halogenated alkanes) is 5. The molecule has 0 spiro atoms. The van der Waals surface area contributed by atoms with Crippen LogP contribution in [0.15, 0.2) is 42.5 Å². The minimum atomic E-state index is -0.541. The predicted molar refractivity (Wildman–Crippen MR) is 88.9 cm³/mol. The summed E-state index contributed by atoms with van der Waals surface area (Å²) in [4.78, 5) is 0. The fraction of sp³-hybridized carbons (Fsp3) is 0.400. The second kappa shape index (κ2) is 8.67. The summed E-state index contributed by atoms with van der Waals surface area (Å²) >= 11 is 0. The van der Waals surface area contributed by atoms with Gasteiger partial charge in [0.05, 0.1) is 0 Å². The number of halogens is 2. The van der Waals surface area contributed by atoms with Crippen molar-refractivity contribution in [3.63, 3.8) is 0 Å². The van der Waals surface area contributed by atoms with E-state index in [4.69, 9.17) is 0 Å². The minimum absolute atomic E-state index is 0.451. The highest BCUT2D eigenvalue weighted by Crippen LogP contribution is 2.24. The lowest BCUT2D eigenvalue weighted by Gasteiger charge is -2.06. The Morgan fingerprint density at radius 2 is 1.45 bits per heavy atom. The molecule has 0 nitrogen and oxygen atoms in total. The van der Waals surface area contributed by atoms with E-state index in [1.165, 1.54) is 56.2 Å². The van der Waals surface area contributed by atoms with Crippen molar-refractivity contribution >= 4 is 0 Å². The molecule has 0 aromatic heterocycles. The van der Waals surface area contributed by atoms with E-state index in [2.05, 4.69) is 6.92 Å². The van der Waals surface area contributed by atoms with Crippen molar-refractivity contribution in [2.45, 2.75) is 51.9 Å². The summed E-state index contributed by atoms with van der Waals surface area (Å²) in [6.45, 7) is 2.23. The third-order valence-electron chi connectivity index (χ3n) is 4.02. The number of rotatable bonds is 8. The predicted octanol–water partition coefficient (Wildman–Crippen LogP) is 6.53. The zero-order chi connectivity index (χ0) is 15.8. The maximum Gasteiger partial charge on any atom is 0.133 e. The van der Waals surface area contributed by atoms with Crippen molar-refractivity contribution in [2.24, 2.45) is 0 Å². The highest BCUT2D eigenvalue weighted by Gasteiger charge is 2.06. The van der Waals surface area contributed by atoms with Gasteiger partial charge in [-0.3, -0.25) is 0 Å². The van der Waals surface area contributed by atoms with Crippen LogP contribution >= 0.6 is 0 Å². The Kier molecular flexibility index (Phi) is 6.57. The van der Waals surface area contributed by atoms with E-state index in [0.29, 0.717) is 5.56 Å². The lowest BCUT2D eigenvalue weighted by atomic mass is 10.0. The van der Waals surface area contributed by atoms with Crippen LogP contribution in [0.5, 0.6) is 0 Å². The average molecular weight is 302 g/mol. The van der Waals surface area contributed by atoms with Crippen molar-refractivity contribution < 1.29 is 8.78 Å². The molecule has 2 heteroatoms. The molecule has 0 bridgehead atoms. The minimum Gasteiger partial charge on any atom is -0.207 e. The van der Waals surface area contributed by atoms with Gasteiger partial charge in [0.1, 0.15) is 11.6 Å². The summed E-state index contributed by atoms with van der Waals surface area (Å²) in [6, 6.07) is 11.6. The summed E-state index contributed by atoms with van der Waals surface area (Å²) in [7, 11) is 0. The highest BCUT2D eigenvalue weighted by atomic mass is 19.1. The summed E-state index contributed by atoms with van der Waals surface area (Å²) < 4.78 is 26.7. The molecule has 0 N–H and O–H groups in total. The van der Waals surface area contributed by atoms with Crippen molar-refractivity contribution in [3.8, 4) is 11.1 Å². The Hall–Kier alpha value is -1.70. The molecule has 0 amide bonds. The molecular weight excluding hydrogens is 278 g/mol. The quantitative estimate of drug-likeness (QED) is 0.486. The van der Waals surface area contributed by atoms with Gasteiger partial charge in [0.25, 0.3) is 0 Å². The molecule has 2 rings (SSSR count). The van der Waals surface area contributed by atoms with E-state index in [1.54, 1.807) is 0 Å². The Labute approximate surface area is 132 Å². The van der Waals surface area contributed by atoms with Gasteiger partial charge in [-0.25, -0.2) is 8.78 Å². The molecule has 22 heavy (non-hydrogen) atoms. The van der Waals surface area contributed by atoms with Crippen LogP contribution in [0.25, 0.3) is 11.1 Å². The molecule has 118 valence electrons. The van der Waals surface area contributed by atoms with Crippen LogP contribution in [-0.4, -0.2) is 0 Å². The van der Waals surface area contributed by atoms with Crippen LogP contribution in [-0.2, 0) is 6.42 Å². The second-order valence-electron chi connectivity index (χ2n) is 5.84. The third kappa shape index (κ3) is 4.94. The summed E-state index contributed by atoms with van der Waals surface area (Å²) in [6.07, 6.45) is 8.80. The van der Waals surface area contributed by atoms with Gasteiger partial charge in [-0.15, -0.1) is 0 Å². The molecule has 0 heterocycles. The molecule has 0 unspecified atom stereocenters. The van der Waals surface area contributed by atoms with Gasteiger partial charge in [0.2, 0.25) is 0 Å². The van der Waals surface area contributed by atoms with Gasteiger partial charge in [-0.05, 0) is 36.1 Å². The molecule has 0 aliphatic rings. The molecule has 2 aromatic carbocycles. The molecule has 0 atom stereocenters. The second-order valence-corrected chi connectivity index (χ2v) is 5.84. The van der Waals surface area contributed by atoms with Gasteiger partial charge < -0.3 is 0 Å². The normalized spacial score (nSPS) is 10.9. The van der Waals surface area contributed by atoms with Crippen molar-refractivity contribution in [1.29, 1.82) is 0 Å². The largest absolute Gasteiger partial charge is 0.207 e. The molecule has 0 saturated carbocycles. The van der Waals surface area contributed by atoms with E-state index >= 15 is 0 Å². The van der Waals surface area contributed by atoms with Crippen LogP contribution < -0.4 is 0 Å². The molecule has 0 aliphatic carbocycles. The Morgan fingerprint density at radius 3 is 2.14 bits per heavy atom. The molecule has 0 fully saturated rings. The van der Waals surface area contributed by atoms with Crippen LogP contribution in [0.2, 0.25) is 0 Å². The SMILES string of the molecule is CCCCCCCCc1ccc(-c2ccc(F)cc2F)cc1. The first-order valence-corrected chi connectivity index (χ1v) is 8.25. The van der Waals surface area contributed by atoms with Crippen LogP contribution in [0, 0.1) is 11.6 Å². The zero-order valence-electron chi connectivity index (χ0n) is 13.2. The monoisotopic (exact) mass is 302 g/mol. The van der Waals surface area contributed by atoms with Crippen molar-refractivity contribution in [1.82, 2.24) is 0 Å². The number of benzene rings is 2. The Morgan fingerprint density at radius 1 is 0.773 bits per heavy atom. The van der Waals surface area contributed by atoms with E-state index in [-0.39, 0.29) is 0 Å². The number of aryl methyl sites for hydroxylation is 1. The molecule has 2 aromatic rings. The summed E-state index contributed by atoms with van der Waals surface area (Å²) in [5, 5.41) is 0. The fourth-order valence-corrected chi connectivity index (χ4v) is 2.68. The Bertz CT molecular complexity index is 573. The first kappa shape index (κ1) is 16.7. The van der Waals surface area contributed by atoms with Crippen LogP contribution in [0.1, 0.15) is 51.0 Å². The lowest BCUT2D eigenvalue weighted by molar-refractivity contribution is 0.585. The smallest absolute Gasteiger partial charge is 0.133 e. The maximum absolute atomic E-state index is 13.7. The number of hydrogen-bond acceptors (Lipinski definition) is 0. The third-order valence-corrected chi connectivity index (χ3v) is 4.02. The number of hydrogen-bond donors (Lipinski definition) is 0. The summed E-state index contributed by atoms with van der Waals surface area (Å²) in [5.74, 6) is -1.05. The van der Waals surface area contributed by atoms with Crippen molar-refractivity contribution in [2.75, 3.05) is 0 Å². The molecule has 0 aliphatic heterocycles. The van der Waals surface area contributed by atoms with E-state index in [9.17, 15) is 8.78 Å². The molecule has 0 radical (unpaired) electrons. The van der Waals surface area contributed by atoms with Gasteiger partial charge in [0, 0.05) is 11.6 Å². The van der Waals surface area contributed by atoms with Crippen LogP contribution in [0.4, 0.5) is 8.78 Å². The standard InChI is InChI=1S/C20H24F2/c1-2-3-4-5-6-7-8-16-9-11-17(12-10-16)19-14-13-18(21)15-20(19)22/h9-15H,2-8H2,1H3. The van der Waals surface area contributed by atoms with E-state index < -0.39 is 11.6 Å². The zero-order valence-corrected chi connectivity index (χ0v) is 13.2. The topological polar surface area (TPSA) is 0 Å². The molecular formula is C20H24F2. The summed E-state index contributed by atoms with van der Waals surface area (Å²) in [5.41, 5.74) is 2.53. The van der Waals surface area contributed by atoms with Gasteiger partial charge in [0.15, 0.2) is 0 Å². The van der Waals surface area contributed by atoms with Gasteiger partial charge in [-0.2, -0.15) is 0 Å². The maximum atomic E-state index is 13.7. The van der Waals surface area contributed by atoms with E-state index in [0.717, 1.165) is 18.1 Å². The average Bonchev–Trinajstić information content (AvgIpc) is 2.52. The van der Waals surface area contributed by atoms with Gasteiger partial charge in [-0.1, -0.05) is 63.3 Å².